The molecule has 1 aromatic heterocycles. The highest BCUT2D eigenvalue weighted by atomic mass is 79.9. The van der Waals surface area contributed by atoms with Gasteiger partial charge in [0.1, 0.15) is 23.8 Å². The molecule has 0 bridgehead atoms. The first kappa shape index (κ1) is 14.7. The molecule has 20 heavy (non-hydrogen) atoms. The maximum Gasteiger partial charge on any atom is 0.138 e. The van der Waals surface area contributed by atoms with E-state index < -0.39 is 0 Å². The number of nitrogens with zero attached hydrogens (tertiary/aromatic N) is 2. The summed E-state index contributed by atoms with van der Waals surface area (Å²) in [6, 6.07) is 4.48. The van der Waals surface area contributed by atoms with Crippen molar-refractivity contribution in [2.24, 2.45) is 0 Å². The summed E-state index contributed by atoms with van der Waals surface area (Å²) < 4.78 is 13.7. The van der Waals surface area contributed by atoms with Crippen molar-refractivity contribution < 1.29 is 4.39 Å². The van der Waals surface area contributed by atoms with Gasteiger partial charge in [-0.1, -0.05) is 6.92 Å². The molecule has 2 rings (SSSR count). The first-order valence-corrected chi connectivity index (χ1v) is 7.18. The van der Waals surface area contributed by atoms with Crippen molar-refractivity contribution in [3.05, 3.63) is 40.4 Å². The van der Waals surface area contributed by atoms with Gasteiger partial charge >= 0.3 is 0 Å². The number of anilines is 3. The highest BCUT2D eigenvalue weighted by Crippen LogP contribution is 2.28. The minimum Gasteiger partial charge on any atom is -0.370 e. The van der Waals surface area contributed by atoms with Crippen molar-refractivity contribution in [1.82, 2.24) is 9.97 Å². The lowest BCUT2D eigenvalue weighted by Crippen LogP contribution is -2.07. The van der Waals surface area contributed by atoms with Crippen molar-refractivity contribution >= 4 is 33.3 Å². The second kappa shape index (κ2) is 6.65. The van der Waals surface area contributed by atoms with Crippen molar-refractivity contribution in [3.8, 4) is 0 Å². The Hall–Kier alpha value is -1.69. The Kier molecular flexibility index (Phi) is 4.89. The molecule has 0 aliphatic carbocycles. The minimum atomic E-state index is -0.285. The summed E-state index contributed by atoms with van der Waals surface area (Å²) in [7, 11) is 0. The molecule has 2 aromatic rings. The van der Waals surface area contributed by atoms with Gasteiger partial charge in [-0.3, -0.25) is 0 Å². The zero-order valence-corrected chi connectivity index (χ0v) is 13.0. The van der Waals surface area contributed by atoms with E-state index in [1.165, 1.54) is 18.5 Å². The molecule has 0 aliphatic heterocycles. The van der Waals surface area contributed by atoms with Gasteiger partial charge in [0.25, 0.3) is 0 Å². The third-order valence-corrected chi connectivity index (χ3v) is 3.47. The quantitative estimate of drug-likeness (QED) is 0.855. The Labute approximate surface area is 126 Å². The van der Waals surface area contributed by atoms with E-state index >= 15 is 0 Å². The molecule has 0 aliphatic rings. The Morgan fingerprint density at radius 1 is 1.25 bits per heavy atom. The predicted molar refractivity (Wildman–Crippen MR) is 82.9 cm³/mol. The van der Waals surface area contributed by atoms with Crippen molar-refractivity contribution in [2.45, 2.75) is 20.3 Å². The molecular formula is C14H16BrFN4. The van der Waals surface area contributed by atoms with Crippen molar-refractivity contribution in [1.29, 1.82) is 0 Å². The second-order valence-electron chi connectivity index (χ2n) is 4.37. The summed E-state index contributed by atoms with van der Waals surface area (Å²) >= 11 is 3.33. The molecular weight excluding hydrogens is 323 g/mol. The Bertz CT molecular complexity index is 604. The molecule has 6 heteroatoms. The fraction of sp³-hybridized carbons (Fsp3) is 0.286. The second-order valence-corrected chi connectivity index (χ2v) is 5.23. The lowest BCUT2D eigenvalue weighted by atomic mass is 10.2. The van der Waals surface area contributed by atoms with Gasteiger partial charge in [-0.25, -0.2) is 14.4 Å². The number of nitrogens with one attached hydrogen (secondary N) is 2. The maximum absolute atomic E-state index is 13.1. The third-order valence-electron chi connectivity index (χ3n) is 2.81. The highest BCUT2D eigenvalue weighted by molar-refractivity contribution is 9.10. The summed E-state index contributed by atoms with van der Waals surface area (Å²) in [6.07, 6.45) is 2.53. The van der Waals surface area contributed by atoms with E-state index in [4.69, 9.17) is 0 Å². The summed E-state index contributed by atoms with van der Waals surface area (Å²) in [5.74, 6) is 1.22. The van der Waals surface area contributed by atoms with Crippen LogP contribution in [-0.4, -0.2) is 16.5 Å². The normalized spacial score (nSPS) is 10.4. The number of hydrogen-bond donors (Lipinski definition) is 2. The monoisotopic (exact) mass is 338 g/mol. The molecule has 0 saturated carbocycles. The summed E-state index contributed by atoms with van der Waals surface area (Å²) in [5, 5.41) is 6.43. The van der Waals surface area contributed by atoms with Crippen LogP contribution in [0.15, 0.2) is 29.0 Å². The molecule has 0 atom stereocenters. The van der Waals surface area contributed by atoms with Gasteiger partial charge in [-0.2, -0.15) is 0 Å². The smallest absolute Gasteiger partial charge is 0.138 e. The molecule has 1 aromatic carbocycles. The van der Waals surface area contributed by atoms with Crippen LogP contribution < -0.4 is 10.6 Å². The molecule has 4 nitrogen and oxygen atoms in total. The molecule has 0 saturated heterocycles. The van der Waals surface area contributed by atoms with E-state index in [9.17, 15) is 4.39 Å². The highest BCUT2D eigenvalue weighted by Gasteiger charge is 2.08. The zero-order valence-electron chi connectivity index (χ0n) is 11.4. The number of aromatic nitrogens is 2. The number of hydrogen-bond acceptors (Lipinski definition) is 4. The van der Waals surface area contributed by atoms with Crippen LogP contribution in [0.2, 0.25) is 0 Å². The topological polar surface area (TPSA) is 49.8 Å². The van der Waals surface area contributed by atoms with Crippen LogP contribution in [0.3, 0.4) is 0 Å². The van der Waals surface area contributed by atoms with E-state index in [1.54, 1.807) is 6.07 Å². The average molecular weight is 339 g/mol. The van der Waals surface area contributed by atoms with Crippen LogP contribution in [0, 0.1) is 12.7 Å². The van der Waals surface area contributed by atoms with Gasteiger partial charge in [-0.05, 0) is 47.5 Å². The molecule has 1 heterocycles. The number of halogens is 2. The Morgan fingerprint density at radius 3 is 2.70 bits per heavy atom. The first-order valence-electron chi connectivity index (χ1n) is 6.39. The lowest BCUT2D eigenvalue weighted by molar-refractivity contribution is 0.627. The van der Waals surface area contributed by atoms with Gasteiger partial charge in [0, 0.05) is 16.6 Å². The number of benzene rings is 1. The fourth-order valence-corrected chi connectivity index (χ4v) is 2.17. The van der Waals surface area contributed by atoms with Gasteiger partial charge in [0.05, 0.1) is 5.69 Å². The van der Waals surface area contributed by atoms with Gasteiger partial charge in [0.15, 0.2) is 0 Å². The van der Waals surface area contributed by atoms with Crippen LogP contribution in [0.1, 0.15) is 18.9 Å². The van der Waals surface area contributed by atoms with Gasteiger partial charge in [-0.15, -0.1) is 0 Å². The maximum atomic E-state index is 13.1. The SMILES string of the molecule is CCCNc1ncnc(Nc2ccc(F)cc2Br)c1C. The standard InChI is InChI=1S/C14H16BrFN4/c1-3-6-17-13-9(2)14(19-8-18-13)20-12-5-4-10(16)7-11(12)15/h4-5,7-8H,3,6H2,1-2H3,(H2,17,18,19,20). The minimum absolute atomic E-state index is 0.285. The summed E-state index contributed by atoms with van der Waals surface area (Å²) in [4.78, 5) is 8.45. The van der Waals surface area contributed by atoms with E-state index in [0.717, 1.165) is 30.0 Å². The van der Waals surface area contributed by atoms with Crippen molar-refractivity contribution in [3.63, 3.8) is 0 Å². The predicted octanol–water partition coefficient (Wildman–Crippen LogP) is 4.25. The van der Waals surface area contributed by atoms with Crippen LogP contribution in [0.25, 0.3) is 0 Å². The van der Waals surface area contributed by atoms with Gasteiger partial charge < -0.3 is 10.6 Å². The number of rotatable bonds is 5. The van der Waals surface area contributed by atoms with E-state index in [1.807, 2.05) is 6.92 Å². The average Bonchev–Trinajstić information content (AvgIpc) is 2.42. The summed E-state index contributed by atoms with van der Waals surface area (Å²) in [6.45, 7) is 4.90. The molecule has 0 radical (unpaired) electrons. The van der Waals surface area contributed by atoms with Crippen LogP contribution in [0.5, 0.6) is 0 Å². The molecule has 2 N–H and O–H groups in total. The molecule has 0 unspecified atom stereocenters. The van der Waals surface area contributed by atoms with Crippen molar-refractivity contribution in [2.75, 3.05) is 17.2 Å². The van der Waals surface area contributed by atoms with Gasteiger partial charge in [0.2, 0.25) is 0 Å². The molecule has 106 valence electrons. The lowest BCUT2D eigenvalue weighted by Gasteiger charge is -2.13. The van der Waals surface area contributed by atoms with Crippen LogP contribution in [0.4, 0.5) is 21.7 Å². The molecule has 0 spiro atoms. The van der Waals surface area contributed by atoms with E-state index in [-0.39, 0.29) is 5.82 Å². The zero-order chi connectivity index (χ0) is 14.5. The van der Waals surface area contributed by atoms with E-state index in [0.29, 0.717) is 10.3 Å². The third kappa shape index (κ3) is 3.45. The first-order chi connectivity index (χ1) is 9.61. The fourth-order valence-electron chi connectivity index (χ4n) is 1.72. The molecule has 0 fully saturated rings. The Balaban J connectivity index is 2.24. The van der Waals surface area contributed by atoms with E-state index in [2.05, 4.69) is 43.5 Å². The largest absolute Gasteiger partial charge is 0.370 e. The van der Waals surface area contributed by atoms with Crippen LogP contribution in [-0.2, 0) is 0 Å². The molecule has 0 amide bonds. The van der Waals surface area contributed by atoms with Crippen LogP contribution >= 0.6 is 15.9 Å². The Morgan fingerprint density at radius 2 is 2.00 bits per heavy atom. The summed E-state index contributed by atoms with van der Waals surface area (Å²) in [5.41, 5.74) is 1.69.